The molecule has 0 bridgehead atoms. The van der Waals surface area contributed by atoms with Crippen LogP contribution in [0.15, 0.2) is 0 Å². The van der Waals surface area contributed by atoms with E-state index in [1.165, 1.54) is 0 Å². The van der Waals surface area contributed by atoms with Gasteiger partial charge < -0.3 is 5.11 Å². The van der Waals surface area contributed by atoms with Gasteiger partial charge in [0.25, 0.3) is 0 Å². The van der Waals surface area contributed by atoms with Crippen molar-refractivity contribution in [3.8, 4) is 0 Å². The number of rotatable bonds is 1. The molecule has 0 saturated heterocycles. The number of hydrogen-bond acceptors (Lipinski definition) is 2. The van der Waals surface area contributed by atoms with Crippen LogP contribution in [0, 0.1) is 41.0 Å². The summed E-state index contributed by atoms with van der Waals surface area (Å²) in [6, 6.07) is 0. The number of hydrogen-bond donors (Lipinski definition) is 1. The maximum Gasteiger partial charge on any atom is 0.372 e. The molecule has 1 radical (unpaired) electrons. The average molecular weight is 269 g/mol. The molecule has 1 N–H and O–H groups in total. The molecule has 0 aromatic heterocycles. The van der Waals surface area contributed by atoms with Crippen LogP contribution in [0.2, 0.25) is 0 Å². The van der Waals surface area contributed by atoms with Crippen molar-refractivity contribution in [2.24, 2.45) is 5.41 Å². The van der Waals surface area contributed by atoms with Crippen LogP contribution in [0.5, 0.6) is 0 Å². The van der Waals surface area contributed by atoms with Gasteiger partial charge in [-0.3, -0.25) is 4.79 Å². The quantitative estimate of drug-likeness (QED) is 0.712. The second-order valence-electron chi connectivity index (χ2n) is 2.88. The third-order valence-corrected chi connectivity index (χ3v) is 0.875. The van der Waals surface area contributed by atoms with Crippen molar-refractivity contribution in [3.63, 3.8) is 0 Å². The van der Waals surface area contributed by atoms with Crippen LogP contribution in [0.4, 0.5) is 0 Å². The van der Waals surface area contributed by atoms with Gasteiger partial charge in [0.15, 0.2) is 0 Å². The van der Waals surface area contributed by atoms with Crippen LogP contribution < -0.4 is 0 Å². The average Bonchev–Trinajstić information content (AvgIpc) is 1.62. The first kappa shape index (κ1) is 13.0. The Morgan fingerprint density at radius 1 is 1.20 bits per heavy atom. The summed E-state index contributed by atoms with van der Waals surface area (Å²) in [6.07, 6.45) is 0. The maximum absolute atomic E-state index is 10.6. The van der Waals surface area contributed by atoms with Crippen LogP contribution >= 0.6 is 0 Å². The van der Waals surface area contributed by atoms with E-state index in [0.29, 0.717) is 0 Å². The van der Waals surface area contributed by atoms with E-state index in [2.05, 4.69) is 0 Å². The van der Waals surface area contributed by atoms with E-state index in [1.54, 1.807) is 20.8 Å². The van der Waals surface area contributed by atoms with E-state index in [1.807, 2.05) is 0 Å². The fourth-order valence-corrected chi connectivity index (χ4v) is 0.321. The van der Waals surface area contributed by atoms with Crippen LogP contribution in [0.1, 0.15) is 20.8 Å². The first-order chi connectivity index (χ1) is 3.85. The number of aliphatic carboxylic acids is 1. The predicted molar refractivity (Wildman–Crippen MR) is 32.1 cm³/mol. The normalized spacial score (nSPS) is 9.90. The molecule has 0 aliphatic rings. The Balaban J connectivity index is 0. The summed E-state index contributed by atoms with van der Waals surface area (Å²) in [5, 5.41) is 8.17. The maximum atomic E-state index is 10.6. The zero-order valence-corrected chi connectivity index (χ0v) is 9.97. The van der Waals surface area contributed by atoms with Crippen molar-refractivity contribution < 1.29 is 50.3 Å². The third kappa shape index (κ3) is 4.20. The smallest absolute Gasteiger partial charge is 0.372 e. The molecule has 55 valence electrons. The number of carboxylic acids is 1. The van der Waals surface area contributed by atoms with Crippen molar-refractivity contribution >= 4 is 11.8 Å². The molecule has 0 spiro atoms. The first-order valence-electron chi connectivity index (χ1n) is 2.63. The number of carbonyl (C=O) groups excluding carboxylic acids is 1. The van der Waals surface area contributed by atoms with Gasteiger partial charge in [0.1, 0.15) is 0 Å². The Bertz CT molecular complexity index is 146. The Morgan fingerprint density at radius 3 is 1.50 bits per heavy atom. The van der Waals surface area contributed by atoms with Gasteiger partial charge in [-0.25, -0.2) is 4.79 Å². The van der Waals surface area contributed by atoms with Gasteiger partial charge in [0.2, 0.25) is 5.78 Å². The monoisotopic (exact) mass is 269 g/mol. The van der Waals surface area contributed by atoms with Gasteiger partial charge in [-0.2, -0.15) is 0 Å². The van der Waals surface area contributed by atoms with E-state index in [-0.39, 0.29) is 35.6 Å². The summed E-state index contributed by atoms with van der Waals surface area (Å²) < 4.78 is 0. The molecule has 3 nitrogen and oxygen atoms in total. The molecule has 0 aliphatic heterocycles. The Labute approximate surface area is 87.8 Å². The number of ketones is 1. The molecular formula is C6H10LaO3. The minimum Gasteiger partial charge on any atom is -0.475 e. The summed E-state index contributed by atoms with van der Waals surface area (Å²) in [7, 11) is 0. The summed E-state index contributed by atoms with van der Waals surface area (Å²) >= 11 is 0. The van der Waals surface area contributed by atoms with E-state index in [0.717, 1.165) is 0 Å². The third-order valence-electron chi connectivity index (χ3n) is 0.875. The molecule has 0 aromatic rings. The van der Waals surface area contributed by atoms with Crippen LogP contribution in [0.25, 0.3) is 0 Å². The molecule has 4 heteroatoms. The predicted octanol–water partition coefficient (Wildman–Crippen LogP) is 0.686. The molecule has 0 rings (SSSR count). The Kier molecular flexibility index (Phi) is 5.53. The minimum absolute atomic E-state index is 0. The zero-order valence-electron chi connectivity index (χ0n) is 6.34. The summed E-state index contributed by atoms with van der Waals surface area (Å²) in [5.74, 6) is -2.11. The fourth-order valence-electron chi connectivity index (χ4n) is 0.321. The molecule has 0 atom stereocenters. The topological polar surface area (TPSA) is 54.4 Å². The van der Waals surface area contributed by atoms with Crippen molar-refractivity contribution in [2.75, 3.05) is 0 Å². The van der Waals surface area contributed by atoms with Crippen molar-refractivity contribution in [3.05, 3.63) is 0 Å². The van der Waals surface area contributed by atoms with Gasteiger partial charge in [-0.15, -0.1) is 0 Å². The van der Waals surface area contributed by atoms with Gasteiger partial charge in [0.05, 0.1) is 0 Å². The summed E-state index contributed by atoms with van der Waals surface area (Å²) in [4.78, 5) is 20.6. The number of carbonyl (C=O) groups is 2. The first-order valence-corrected chi connectivity index (χ1v) is 2.63. The van der Waals surface area contributed by atoms with Crippen LogP contribution in [0.3, 0.4) is 0 Å². The standard InChI is InChI=1S/C6H10O3.La/c1-6(2,3)4(7)5(8)9;/h1-3H3,(H,8,9);. The molecule has 0 amide bonds. The number of carboxylic acid groups (broad SMARTS) is 1. The largest absolute Gasteiger partial charge is 0.475 e. The molecule has 10 heavy (non-hydrogen) atoms. The Hall–Kier alpha value is 0.335. The minimum atomic E-state index is -1.36. The van der Waals surface area contributed by atoms with E-state index >= 15 is 0 Å². The van der Waals surface area contributed by atoms with Gasteiger partial charge in [0, 0.05) is 41.0 Å². The van der Waals surface area contributed by atoms with E-state index < -0.39 is 17.2 Å². The van der Waals surface area contributed by atoms with Crippen molar-refractivity contribution in [1.29, 1.82) is 0 Å². The van der Waals surface area contributed by atoms with Gasteiger partial charge in [-0.1, -0.05) is 20.8 Å². The molecule has 0 heterocycles. The SMILES string of the molecule is CC(C)(C)C(=O)C(=O)O.[La]. The van der Waals surface area contributed by atoms with E-state index in [4.69, 9.17) is 5.11 Å². The van der Waals surface area contributed by atoms with Crippen LogP contribution in [-0.4, -0.2) is 16.9 Å². The summed E-state index contributed by atoms with van der Waals surface area (Å²) in [6.45, 7) is 4.72. The fraction of sp³-hybridized carbons (Fsp3) is 0.667. The summed E-state index contributed by atoms with van der Waals surface area (Å²) in [5.41, 5.74) is -0.758. The zero-order chi connectivity index (χ0) is 7.65. The van der Waals surface area contributed by atoms with Crippen LogP contribution in [-0.2, 0) is 9.59 Å². The molecule has 0 fully saturated rings. The second-order valence-corrected chi connectivity index (χ2v) is 2.88. The van der Waals surface area contributed by atoms with E-state index in [9.17, 15) is 9.59 Å². The molecule has 0 aliphatic carbocycles. The molecular weight excluding hydrogens is 259 g/mol. The van der Waals surface area contributed by atoms with Gasteiger partial charge >= 0.3 is 5.97 Å². The Morgan fingerprint density at radius 2 is 1.50 bits per heavy atom. The van der Waals surface area contributed by atoms with Gasteiger partial charge in [-0.05, 0) is 0 Å². The second kappa shape index (κ2) is 4.26. The molecule has 0 saturated carbocycles. The van der Waals surface area contributed by atoms with Crippen molar-refractivity contribution in [1.82, 2.24) is 0 Å². The number of Topliss-reactive ketones (excluding diaryl/α,β-unsaturated/α-hetero) is 1. The molecule has 0 unspecified atom stereocenters. The molecule has 0 aromatic carbocycles. The van der Waals surface area contributed by atoms with Crippen molar-refractivity contribution in [2.45, 2.75) is 20.8 Å².